The lowest BCUT2D eigenvalue weighted by atomic mass is 10.1. The molecule has 5 nitrogen and oxygen atoms in total. The van der Waals surface area contributed by atoms with Crippen LogP contribution >= 0.6 is 0 Å². The number of nitrogens with one attached hydrogen (secondary N) is 1. The maximum atomic E-state index is 12.0. The molecule has 0 saturated carbocycles. The standard InChI is InChI=1S/C11H16F2N2O3S/c1-19(16,17)7-6-10(15-14)8-2-4-9(5-3-8)18-11(12)13/h2-5,10-11,15H,6-7,14H2,1H3. The highest BCUT2D eigenvalue weighted by atomic mass is 32.2. The smallest absolute Gasteiger partial charge is 0.387 e. The number of ether oxygens (including phenoxy) is 1. The second-order valence-electron chi connectivity index (χ2n) is 4.09. The molecule has 8 heteroatoms. The van der Waals surface area contributed by atoms with Gasteiger partial charge >= 0.3 is 6.61 Å². The zero-order chi connectivity index (χ0) is 14.5. The summed E-state index contributed by atoms with van der Waals surface area (Å²) in [6.45, 7) is -2.88. The van der Waals surface area contributed by atoms with Crippen molar-refractivity contribution in [1.82, 2.24) is 5.43 Å². The maximum Gasteiger partial charge on any atom is 0.387 e. The van der Waals surface area contributed by atoms with E-state index in [0.29, 0.717) is 12.0 Å². The number of hydrogen-bond donors (Lipinski definition) is 2. The number of alkyl halides is 2. The van der Waals surface area contributed by atoms with Crippen LogP contribution in [0.3, 0.4) is 0 Å². The van der Waals surface area contributed by atoms with Gasteiger partial charge in [-0.1, -0.05) is 12.1 Å². The molecule has 0 saturated heterocycles. The average molecular weight is 294 g/mol. The van der Waals surface area contributed by atoms with Gasteiger partial charge in [0.2, 0.25) is 0 Å². The van der Waals surface area contributed by atoms with Crippen molar-refractivity contribution in [3.63, 3.8) is 0 Å². The molecule has 0 fully saturated rings. The van der Waals surface area contributed by atoms with Crippen molar-refractivity contribution >= 4 is 9.84 Å². The predicted molar refractivity (Wildman–Crippen MR) is 67.5 cm³/mol. The number of hydrogen-bond acceptors (Lipinski definition) is 5. The van der Waals surface area contributed by atoms with Crippen LogP contribution in [-0.2, 0) is 9.84 Å². The molecule has 19 heavy (non-hydrogen) atoms. The molecule has 0 aliphatic carbocycles. The molecule has 3 N–H and O–H groups in total. The van der Waals surface area contributed by atoms with E-state index < -0.39 is 16.4 Å². The number of hydrazine groups is 1. The van der Waals surface area contributed by atoms with Crippen molar-refractivity contribution in [3.8, 4) is 5.75 Å². The maximum absolute atomic E-state index is 12.0. The first-order chi connectivity index (χ1) is 8.81. The average Bonchev–Trinajstić information content (AvgIpc) is 2.29. The van der Waals surface area contributed by atoms with E-state index in [1.54, 1.807) is 12.1 Å². The van der Waals surface area contributed by atoms with E-state index in [4.69, 9.17) is 5.84 Å². The lowest BCUT2D eigenvalue weighted by Crippen LogP contribution is -2.29. The zero-order valence-electron chi connectivity index (χ0n) is 10.3. The third kappa shape index (κ3) is 5.95. The van der Waals surface area contributed by atoms with Crippen LogP contribution in [0.4, 0.5) is 8.78 Å². The van der Waals surface area contributed by atoms with Gasteiger partial charge in [0.15, 0.2) is 0 Å². The molecule has 0 spiro atoms. The SMILES string of the molecule is CS(=O)(=O)CCC(NN)c1ccc(OC(F)F)cc1. The van der Waals surface area contributed by atoms with Gasteiger partial charge in [-0.2, -0.15) is 8.78 Å². The Kier molecular flexibility index (Phi) is 5.64. The van der Waals surface area contributed by atoms with Crippen LogP contribution in [0, 0.1) is 0 Å². The van der Waals surface area contributed by atoms with Crippen molar-refractivity contribution in [2.45, 2.75) is 19.1 Å². The fraction of sp³-hybridized carbons (Fsp3) is 0.455. The highest BCUT2D eigenvalue weighted by Gasteiger charge is 2.13. The molecule has 1 aromatic rings. The van der Waals surface area contributed by atoms with E-state index in [0.717, 1.165) is 6.26 Å². The minimum atomic E-state index is -3.08. The van der Waals surface area contributed by atoms with Gasteiger partial charge in [-0.25, -0.2) is 8.42 Å². The zero-order valence-corrected chi connectivity index (χ0v) is 11.2. The van der Waals surface area contributed by atoms with Crippen molar-refractivity contribution in [1.29, 1.82) is 0 Å². The van der Waals surface area contributed by atoms with Crippen molar-refractivity contribution in [2.24, 2.45) is 5.84 Å². The summed E-state index contributed by atoms with van der Waals surface area (Å²) in [7, 11) is -3.08. The van der Waals surface area contributed by atoms with Gasteiger partial charge < -0.3 is 4.74 Å². The van der Waals surface area contributed by atoms with Crippen molar-refractivity contribution in [3.05, 3.63) is 29.8 Å². The van der Waals surface area contributed by atoms with Gasteiger partial charge in [0, 0.05) is 12.3 Å². The van der Waals surface area contributed by atoms with Gasteiger partial charge in [0.1, 0.15) is 15.6 Å². The quantitative estimate of drug-likeness (QED) is 0.584. The fourth-order valence-electron chi connectivity index (χ4n) is 1.56. The molecule has 1 atom stereocenters. The topological polar surface area (TPSA) is 81.4 Å². The predicted octanol–water partition coefficient (Wildman–Crippen LogP) is 1.23. The van der Waals surface area contributed by atoms with Gasteiger partial charge in [-0.05, 0) is 24.1 Å². The normalized spacial score (nSPS) is 13.5. The third-order valence-electron chi connectivity index (χ3n) is 2.49. The molecule has 0 aromatic heterocycles. The lowest BCUT2D eigenvalue weighted by molar-refractivity contribution is -0.0498. The molecule has 108 valence electrons. The Bertz CT molecular complexity index is 491. The van der Waals surface area contributed by atoms with Crippen LogP contribution in [0.2, 0.25) is 0 Å². The van der Waals surface area contributed by atoms with Crippen LogP contribution in [0.1, 0.15) is 18.0 Å². The number of nitrogens with two attached hydrogens (primary N) is 1. The van der Waals surface area contributed by atoms with Gasteiger partial charge in [0.25, 0.3) is 0 Å². The number of halogens is 2. The van der Waals surface area contributed by atoms with Crippen LogP contribution in [0.15, 0.2) is 24.3 Å². The van der Waals surface area contributed by atoms with E-state index in [2.05, 4.69) is 10.2 Å². The molecule has 1 aromatic carbocycles. The number of sulfone groups is 1. The monoisotopic (exact) mass is 294 g/mol. The summed E-state index contributed by atoms with van der Waals surface area (Å²) < 4.78 is 50.3. The van der Waals surface area contributed by atoms with Gasteiger partial charge in [-0.3, -0.25) is 11.3 Å². The number of benzene rings is 1. The first-order valence-corrected chi connectivity index (χ1v) is 7.56. The van der Waals surface area contributed by atoms with Crippen LogP contribution < -0.4 is 16.0 Å². The Balaban J connectivity index is 2.71. The summed E-state index contributed by atoms with van der Waals surface area (Å²) in [5, 5.41) is 0. The summed E-state index contributed by atoms with van der Waals surface area (Å²) in [4.78, 5) is 0. The first-order valence-electron chi connectivity index (χ1n) is 5.50. The van der Waals surface area contributed by atoms with Gasteiger partial charge in [-0.15, -0.1) is 0 Å². The highest BCUT2D eigenvalue weighted by molar-refractivity contribution is 7.90. The van der Waals surface area contributed by atoms with Gasteiger partial charge in [0.05, 0.1) is 5.75 Å². The first kappa shape index (κ1) is 15.8. The Morgan fingerprint density at radius 1 is 1.32 bits per heavy atom. The Hall–Kier alpha value is -1.25. The minimum Gasteiger partial charge on any atom is -0.435 e. The molecular weight excluding hydrogens is 278 g/mol. The summed E-state index contributed by atoms with van der Waals surface area (Å²) >= 11 is 0. The Labute approximate surface area is 110 Å². The summed E-state index contributed by atoms with van der Waals surface area (Å²) in [5.41, 5.74) is 3.20. The third-order valence-corrected chi connectivity index (χ3v) is 3.46. The van der Waals surface area contributed by atoms with E-state index in [1.165, 1.54) is 12.1 Å². The molecule has 0 radical (unpaired) electrons. The Morgan fingerprint density at radius 3 is 2.32 bits per heavy atom. The van der Waals surface area contributed by atoms with Crippen molar-refractivity contribution in [2.75, 3.05) is 12.0 Å². The second-order valence-corrected chi connectivity index (χ2v) is 6.35. The molecule has 0 amide bonds. The largest absolute Gasteiger partial charge is 0.435 e. The molecule has 0 aliphatic rings. The summed E-state index contributed by atoms with van der Waals surface area (Å²) in [5.74, 6) is 5.38. The van der Waals surface area contributed by atoms with Crippen LogP contribution in [0.25, 0.3) is 0 Å². The molecular formula is C11H16F2N2O3S. The lowest BCUT2D eigenvalue weighted by Gasteiger charge is -2.16. The summed E-state index contributed by atoms with van der Waals surface area (Å²) in [6.07, 6.45) is 1.44. The van der Waals surface area contributed by atoms with E-state index in [1.807, 2.05) is 0 Å². The van der Waals surface area contributed by atoms with E-state index in [-0.39, 0.29) is 17.5 Å². The van der Waals surface area contributed by atoms with Crippen molar-refractivity contribution < 1.29 is 21.9 Å². The molecule has 0 aliphatic heterocycles. The van der Waals surface area contributed by atoms with Crippen LogP contribution in [0.5, 0.6) is 5.75 Å². The minimum absolute atomic E-state index is 0.0167. The molecule has 0 heterocycles. The van der Waals surface area contributed by atoms with E-state index >= 15 is 0 Å². The molecule has 1 rings (SSSR count). The molecule has 0 bridgehead atoms. The summed E-state index contributed by atoms with van der Waals surface area (Å²) in [6, 6.07) is 5.52. The van der Waals surface area contributed by atoms with Crippen LogP contribution in [-0.4, -0.2) is 27.0 Å². The molecule has 1 unspecified atom stereocenters. The van der Waals surface area contributed by atoms with E-state index in [9.17, 15) is 17.2 Å². The number of rotatable bonds is 7. The second kappa shape index (κ2) is 6.78. The Morgan fingerprint density at radius 2 is 1.89 bits per heavy atom. The fourth-order valence-corrected chi connectivity index (χ4v) is 2.22. The highest BCUT2D eigenvalue weighted by Crippen LogP contribution is 2.21.